The van der Waals surface area contributed by atoms with Crippen LogP contribution in [0.5, 0.6) is 0 Å². The van der Waals surface area contributed by atoms with Crippen LogP contribution in [0.25, 0.3) is 0 Å². The number of thioether (sulfide) groups is 1. The topological polar surface area (TPSA) is 71.1 Å². The van der Waals surface area contributed by atoms with Crippen molar-refractivity contribution in [3.63, 3.8) is 0 Å². The molecule has 0 unspecified atom stereocenters. The lowest BCUT2D eigenvalue weighted by Crippen LogP contribution is -2.46. The number of nitrogens with one attached hydrogen (secondary N) is 1. The molecule has 2 fully saturated rings. The van der Waals surface area contributed by atoms with Crippen molar-refractivity contribution in [1.29, 1.82) is 0 Å². The lowest BCUT2D eigenvalue weighted by atomic mass is 9.96. The molecule has 1 saturated heterocycles. The third-order valence-electron chi connectivity index (χ3n) is 8.06. The first kappa shape index (κ1) is 33.2. The van der Waals surface area contributed by atoms with E-state index < -0.39 is 10.3 Å². The smallest absolute Gasteiger partial charge is 0.322 e. The molecule has 7 nitrogen and oxygen atoms in total. The molecule has 43 heavy (non-hydrogen) atoms. The molecule has 8 heteroatoms. The number of anilines is 1. The quantitative estimate of drug-likeness (QED) is 0.222. The van der Waals surface area contributed by atoms with Crippen molar-refractivity contribution in [3.05, 3.63) is 59.7 Å². The second-order valence-electron chi connectivity index (χ2n) is 13.3. The van der Waals surface area contributed by atoms with Gasteiger partial charge in [0.15, 0.2) is 0 Å². The van der Waals surface area contributed by atoms with Crippen molar-refractivity contribution in [2.75, 3.05) is 44.3 Å². The van der Waals surface area contributed by atoms with Crippen molar-refractivity contribution in [2.45, 2.75) is 101 Å². The van der Waals surface area contributed by atoms with Crippen LogP contribution in [0.3, 0.4) is 0 Å². The van der Waals surface area contributed by atoms with Crippen LogP contribution in [0.4, 0.5) is 10.5 Å². The lowest BCUT2D eigenvalue weighted by Gasteiger charge is -2.29. The van der Waals surface area contributed by atoms with Gasteiger partial charge in [0.25, 0.3) is 0 Å². The number of rotatable bonds is 11. The fourth-order valence-electron chi connectivity index (χ4n) is 5.51. The number of amides is 2. The van der Waals surface area contributed by atoms with Crippen LogP contribution in [-0.4, -0.2) is 72.7 Å². The van der Waals surface area contributed by atoms with Gasteiger partial charge in [-0.3, -0.25) is 4.79 Å². The van der Waals surface area contributed by atoms with Crippen molar-refractivity contribution in [1.82, 2.24) is 10.2 Å². The van der Waals surface area contributed by atoms with Gasteiger partial charge in [0, 0.05) is 42.8 Å². The maximum Gasteiger partial charge on any atom is 0.322 e. The molecule has 2 aliphatic rings. The molecule has 1 aliphatic carbocycles. The molecule has 2 amide bonds. The summed E-state index contributed by atoms with van der Waals surface area (Å²) in [5.41, 5.74) is 3.13. The van der Waals surface area contributed by atoms with E-state index in [-0.39, 0.29) is 18.0 Å². The normalized spacial score (nSPS) is 16.5. The molecular formula is C35H51N3O4S. The summed E-state index contributed by atoms with van der Waals surface area (Å²) in [5.74, 6) is -0.218. The molecule has 2 aromatic rings. The molecule has 4 rings (SSSR count). The highest BCUT2D eigenvalue weighted by Gasteiger charge is 2.33. The van der Waals surface area contributed by atoms with Crippen LogP contribution >= 0.6 is 11.8 Å². The number of esters is 1. The number of ether oxygens (including phenoxy) is 2. The Balaban J connectivity index is 1.35. The van der Waals surface area contributed by atoms with Crippen LogP contribution in [0.1, 0.15) is 77.8 Å². The third-order valence-corrected chi connectivity index (χ3v) is 9.25. The Bertz CT molecular complexity index is 1170. The Morgan fingerprint density at radius 1 is 0.884 bits per heavy atom. The Morgan fingerprint density at radius 3 is 2.00 bits per heavy atom. The molecule has 1 N–H and O–H groups in total. The number of nitrogens with zero attached hydrogens (tertiary/aromatic N) is 2. The third kappa shape index (κ3) is 10.8. The van der Waals surface area contributed by atoms with E-state index in [0.717, 1.165) is 56.9 Å². The summed E-state index contributed by atoms with van der Waals surface area (Å²) in [6, 6.07) is 17.4. The molecule has 0 radical (unpaired) electrons. The fourth-order valence-corrected chi connectivity index (χ4v) is 6.50. The average molecular weight is 610 g/mol. The van der Waals surface area contributed by atoms with Gasteiger partial charge in [-0.2, -0.15) is 0 Å². The first-order valence-corrected chi connectivity index (χ1v) is 16.8. The molecule has 236 valence electrons. The van der Waals surface area contributed by atoms with Gasteiger partial charge in [0.2, 0.25) is 0 Å². The number of urea groups is 1. The number of morpholine rings is 1. The summed E-state index contributed by atoms with van der Waals surface area (Å²) in [6.45, 7) is 14.2. The van der Waals surface area contributed by atoms with Gasteiger partial charge in [-0.1, -0.05) is 43.5 Å². The summed E-state index contributed by atoms with van der Waals surface area (Å²) in [5, 5.41) is 3.33. The SMILES string of the molecule is CC(C)(C)OC(=O)C(C)(C)Sc1ccc(CCN(CCc2ccc(N3CCOCC3)cc2)C(=O)NC2CCCCC2)cc1. The van der Waals surface area contributed by atoms with Crippen molar-refractivity contribution in [2.24, 2.45) is 0 Å². The number of carbonyl (C=O) groups is 2. The molecule has 1 saturated carbocycles. The Labute approximate surface area is 263 Å². The van der Waals surface area contributed by atoms with E-state index in [2.05, 4.69) is 58.7 Å². The van der Waals surface area contributed by atoms with Crippen LogP contribution in [0, 0.1) is 0 Å². The summed E-state index contributed by atoms with van der Waals surface area (Å²) in [6.07, 6.45) is 7.37. The zero-order valence-corrected chi connectivity index (χ0v) is 27.6. The van der Waals surface area contributed by atoms with E-state index in [4.69, 9.17) is 9.47 Å². The van der Waals surface area contributed by atoms with E-state index in [1.807, 2.05) is 39.5 Å². The second kappa shape index (κ2) is 15.3. The maximum atomic E-state index is 13.4. The predicted molar refractivity (Wildman–Crippen MR) is 176 cm³/mol. The standard InChI is InChI=1S/C35H51N3O4S/c1-34(2,3)42-32(39)35(4,5)43-31-17-13-28(14-18-31)20-22-38(33(40)36-29-9-7-6-8-10-29)21-19-27-11-15-30(16-12-27)37-23-25-41-26-24-37/h11-18,29H,6-10,19-26H2,1-5H3,(H,36,40). The second-order valence-corrected chi connectivity index (χ2v) is 15.0. The minimum absolute atomic E-state index is 0.0446. The molecule has 1 aliphatic heterocycles. The molecule has 0 atom stereocenters. The Hall–Kier alpha value is -2.71. The van der Waals surface area contributed by atoms with E-state index in [1.54, 1.807) is 0 Å². The summed E-state index contributed by atoms with van der Waals surface area (Å²) < 4.78 is 10.4. The van der Waals surface area contributed by atoms with Gasteiger partial charge in [0.05, 0.1) is 13.2 Å². The first-order chi connectivity index (χ1) is 20.5. The molecule has 0 aromatic heterocycles. The zero-order valence-electron chi connectivity index (χ0n) is 26.8. The number of hydrogen-bond donors (Lipinski definition) is 1. The largest absolute Gasteiger partial charge is 0.459 e. The van der Waals surface area contributed by atoms with E-state index in [9.17, 15) is 9.59 Å². The van der Waals surface area contributed by atoms with Gasteiger partial charge >= 0.3 is 12.0 Å². The highest BCUT2D eigenvalue weighted by Crippen LogP contribution is 2.34. The average Bonchev–Trinajstić information content (AvgIpc) is 2.98. The van der Waals surface area contributed by atoms with E-state index in [0.29, 0.717) is 13.1 Å². The Kier molecular flexibility index (Phi) is 11.8. The minimum Gasteiger partial charge on any atom is -0.459 e. The van der Waals surface area contributed by atoms with E-state index >= 15 is 0 Å². The lowest BCUT2D eigenvalue weighted by molar-refractivity contribution is -0.156. The first-order valence-electron chi connectivity index (χ1n) is 16.0. The fraction of sp³-hybridized carbons (Fsp3) is 0.600. The highest BCUT2D eigenvalue weighted by atomic mass is 32.2. The molecule has 0 bridgehead atoms. The van der Waals surface area contributed by atoms with Gasteiger partial charge in [-0.15, -0.1) is 11.8 Å². The molecule has 2 aromatic carbocycles. The van der Waals surface area contributed by atoms with Crippen molar-refractivity contribution >= 4 is 29.4 Å². The van der Waals surface area contributed by atoms with Gasteiger partial charge in [0.1, 0.15) is 10.3 Å². The van der Waals surface area contributed by atoms with Gasteiger partial charge < -0.3 is 24.6 Å². The van der Waals surface area contributed by atoms with Crippen LogP contribution < -0.4 is 10.2 Å². The van der Waals surface area contributed by atoms with Gasteiger partial charge in [-0.05, 0) is 95.7 Å². The number of carbonyl (C=O) groups excluding carboxylic acids is 2. The minimum atomic E-state index is -0.691. The van der Waals surface area contributed by atoms with Gasteiger partial charge in [-0.25, -0.2) is 4.79 Å². The van der Waals surface area contributed by atoms with Crippen LogP contribution in [0.2, 0.25) is 0 Å². The van der Waals surface area contributed by atoms with E-state index in [1.165, 1.54) is 47.8 Å². The maximum absolute atomic E-state index is 13.4. The predicted octanol–water partition coefficient (Wildman–Crippen LogP) is 6.87. The Morgan fingerprint density at radius 2 is 1.44 bits per heavy atom. The molecular weight excluding hydrogens is 558 g/mol. The zero-order chi connectivity index (χ0) is 30.9. The summed E-state index contributed by atoms with van der Waals surface area (Å²) >= 11 is 1.51. The number of hydrogen-bond acceptors (Lipinski definition) is 6. The van der Waals surface area contributed by atoms with Crippen LogP contribution in [-0.2, 0) is 27.1 Å². The molecule has 0 spiro atoms. The van der Waals surface area contributed by atoms with Crippen LogP contribution in [0.15, 0.2) is 53.4 Å². The van der Waals surface area contributed by atoms with Crippen molar-refractivity contribution in [3.8, 4) is 0 Å². The van der Waals surface area contributed by atoms with Crippen molar-refractivity contribution < 1.29 is 19.1 Å². The monoisotopic (exact) mass is 609 g/mol. The number of benzene rings is 2. The summed E-state index contributed by atoms with van der Waals surface area (Å²) in [4.78, 5) is 31.5. The highest BCUT2D eigenvalue weighted by molar-refractivity contribution is 8.01. The molecule has 1 heterocycles. The summed E-state index contributed by atoms with van der Waals surface area (Å²) in [7, 11) is 0.